The Kier molecular flexibility index (Phi) is 4.81. The number of carbonyl (C=O) groups is 1. The molecule has 0 aromatic heterocycles. The zero-order valence-corrected chi connectivity index (χ0v) is 6.87. The minimum absolute atomic E-state index is 0.0892. The van der Waals surface area contributed by atoms with E-state index in [9.17, 15) is 4.79 Å². The van der Waals surface area contributed by atoms with Crippen molar-refractivity contribution in [2.24, 2.45) is 5.92 Å². The van der Waals surface area contributed by atoms with Gasteiger partial charge in [-0.05, 0) is 5.92 Å². The van der Waals surface area contributed by atoms with Crippen LogP contribution < -0.4 is 5.32 Å². The topological polar surface area (TPSA) is 69.6 Å². The van der Waals surface area contributed by atoms with Crippen molar-refractivity contribution in [3.63, 3.8) is 0 Å². The summed E-state index contributed by atoms with van der Waals surface area (Å²) < 4.78 is 0. The first-order valence-electron chi connectivity index (χ1n) is 3.66. The van der Waals surface area contributed by atoms with E-state index in [0.29, 0.717) is 0 Å². The van der Waals surface area contributed by atoms with Crippen molar-refractivity contribution in [2.45, 2.75) is 20.0 Å². The van der Waals surface area contributed by atoms with Crippen LogP contribution in [0.15, 0.2) is 0 Å². The first-order valence-corrected chi connectivity index (χ1v) is 3.66. The Labute approximate surface area is 66.2 Å². The molecule has 66 valence electrons. The molecule has 0 aliphatic carbocycles. The molecule has 0 spiro atoms. The Hall–Kier alpha value is -0.610. The third kappa shape index (κ3) is 3.95. The number of carbonyl (C=O) groups excluding carboxylic acids is 1. The summed E-state index contributed by atoms with van der Waals surface area (Å²) in [5, 5.41) is 19.8. The lowest BCUT2D eigenvalue weighted by atomic mass is 10.1. The van der Waals surface area contributed by atoms with Crippen LogP contribution in [0.1, 0.15) is 13.8 Å². The van der Waals surface area contributed by atoms with E-state index in [-0.39, 0.29) is 19.1 Å². The lowest BCUT2D eigenvalue weighted by molar-refractivity contribution is -0.131. The standard InChI is InChI=1S/C7H15NO3/c1-5(2)6(10)7(11)8-3-4-9/h5-6,9-10H,3-4H2,1-2H3,(H,8,11). The van der Waals surface area contributed by atoms with Crippen LogP contribution in [0, 0.1) is 5.92 Å². The van der Waals surface area contributed by atoms with Crippen LogP contribution in [0.4, 0.5) is 0 Å². The molecule has 0 heterocycles. The number of aliphatic hydroxyl groups excluding tert-OH is 2. The monoisotopic (exact) mass is 161 g/mol. The second kappa shape index (κ2) is 5.09. The normalized spacial score (nSPS) is 13.2. The molecule has 0 aliphatic rings. The Balaban J connectivity index is 3.64. The average Bonchev–Trinajstić information content (AvgIpc) is 1.98. The smallest absolute Gasteiger partial charge is 0.249 e. The molecule has 0 radical (unpaired) electrons. The maximum absolute atomic E-state index is 10.9. The highest BCUT2D eigenvalue weighted by Gasteiger charge is 2.17. The third-order valence-electron chi connectivity index (χ3n) is 1.31. The number of amides is 1. The zero-order chi connectivity index (χ0) is 8.85. The molecule has 0 aromatic carbocycles. The van der Waals surface area contributed by atoms with E-state index in [1.807, 2.05) is 0 Å². The first kappa shape index (κ1) is 10.4. The Morgan fingerprint density at radius 1 is 1.55 bits per heavy atom. The average molecular weight is 161 g/mol. The summed E-state index contributed by atoms with van der Waals surface area (Å²) in [5.41, 5.74) is 0. The maximum atomic E-state index is 10.9. The predicted molar refractivity (Wildman–Crippen MR) is 40.9 cm³/mol. The Morgan fingerprint density at radius 3 is 2.45 bits per heavy atom. The molecule has 1 atom stereocenters. The van der Waals surface area contributed by atoms with Crippen molar-refractivity contribution >= 4 is 5.91 Å². The van der Waals surface area contributed by atoms with Crippen LogP contribution in [-0.2, 0) is 4.79 Å². The fraction of sp³-hybridized carbons (Fsp3) is 0.857. The van der Waals surface area contributed by atoms with Gasteiger partial charge in [0.1, 0.15) is 6.10 Å². The molecular weight excluding hydrogens is 146 g/mol. The van der Waals surface area contributed by atoms with Crippen molar-refractivity contribution in [3.8, 4) is 0 Å². The number of aliphatic hydroxyl groups is 2. The SMILES string of the molecule is CC(C)C(O)C(=O)NCCO. The summed E-state index contributed by atoms with van der Waals surface area (Å²) in [7, 11) is 0. The van der Waals surface area contributed by atoms with E-state index in [1.165, 1.54) is 0 Å². The highest BCUT2D eigenvalue weighted by atomic mass is 16.3. The van der Waals surface area contributed by atoms with Crippen molar-refractivity contribution in [3.05, 3.63) is 0 Å². The molecule has 3 N–H and O–H groups in total. The van der Waals surface area contributed by atoms with Gasteiger partial charge in [-0.3, -0.25) is 4.79 Å². The predicted octanol–water partition coefficient (Wildman–Crippen LogP) is -0.888. The molecule has 0 aliphatic heterocycles. The summed E-state index contributed by atoms with van der Waals surface area (Å²) in [4.78, 5) is 10.9. The van der Waals surface area contributed by atoms with Crippen molar-refractivity contribution in [1.82, 2.24) is 5.32 Å². The summed E-state index contributed by atoms with van der Waals surface area (Å²) in [6.07, 6.45) is -0.971. The quantitative estimate of drug-likeness (QED) is 0.501. The van der Waals surface area contributed by atoms with Gasteiger partial charge in [0.15, 0.2) is 0 Å². The highest BCUT2D eigenvalue weighted by molar-refractivity contribution is 5.80. The highest BCUT2D eigenvalue weighted by Crippen LogP contribution is 1.99. The summed E-state index contributed by atoms with van der Waals surface area (Å²) in [6, 6.07) is 0. The second-order valence-electron chi connectivity index (χ2n) is 2.70. The molecule has 0 saturated heterocycles. The fourth-order valence-corrected chi connectivity index (χ4v) is 0.586. The van der Waals surface area contributed by atoms with E-state index in [2.05, 4.69) is 5.32 Å². The zero-order valence-electron chi connectivity index (χ0n) is 6.87. The van der Waals surface area contributed by atoms with Crippen LogP contribution in [0.3, 0.4) is 0 Å². The lowest BCUT2D eigenvalue weighted by Crippen LogP contribution is -2.38. The fourth-order valence-electron chi connectivity index (χ4n) is 0.586. The molecule has 0 bridgehead atoms. The third-order valence-corrected chi connectivity index (χ3v) is 1.31. The molecule has 0 aromatic rings. The lowest BCUT2D eigenvalue weighted by Gasteiger charge is -2.13. The van der Waals surface area contributed by atoms with Crippen LogP contribution in [-0.4, -0.2) is 35.4 Å². The van der Waals surface area contributed by atoms with E-state index in [0.717, 1.165) is 0 Å². The minimum atomic E-state index is -0.971. The van der Waals surface area contributed by atoms with Crippen molar-refractivity contribution < 1.29 is 15.0 Å². The van der Waals surface area contributed by atoms with Gasteiger partial charge < -0.3 is 15.5 Å². The van der Waals surface area contributed by atoms with Gasteiger partial charge in [-0.2, -0.15) is 0 Å². The van der Waals surface area contributed by atoms with Gasteiger partial charge in [0.25, 0.3) is 0 Å². The summed E-state index contributed by atoms with van der Waals surface area (Å²) in [5.74, 6) is -0.511. The molecule has 11 heavy (non-hydrogen) atoms. The summed E-state index contributed by atoms with van der Waals surface area (Å²) in [6.45, 7) is 3.60. The molecule has 0 fully saturated rings. The number of hydrogen-bond acceptors (Lipinski definition) is 3. The van der Waals surface area contributed by atoms with E-state index >= 15 is 0 Å². The van der Waals surface area contributed by atoms with Gasteiger partial charge in [0.2, 0.25) is 5.91 Å². The number of hydrogen-bond donors (Lipinski definition) is 3. The largest absolute Gasteiger partial charge is 0.395 e. The number of rotatable bonds is 4. The van der Waals surface area contributed by atoms with Gasteiger partial charge in [-0.1, -0.05) is 13.8 Å². The molecule has 0 rings (SSSR count). The van der Waals surface area contributed by atoms with Gasteiger partial charge in [-0.15, -0.1) is 0 Å². The molecule has 1 unspecified atom stereocenters. The van der Waals surface area contributed by atoms with Crippen LogP contribution in [0.5, 0.6) is 0 Å². The maximum Gasteiger partial charge on any atom is 0.249 e. The van der Waals surface area contributed by atoms with Gasteiger partial charge in [0.05, 0.1) is 6.61 Å². The van der Waals surface area contributed by atoms with E-state index < -0.39 is 12.0 Å². The summed E-state index contributed by atoms with van der Waals surface area (Å²) >= 11 is 0. The van der Waals surface area contributed by atoms with Crippen LogP contribution in [0.2, 0.25) is 0 Å². The van der Waals surface area contributed by atoms with Crippen LogP contribution in [0.25, 0.3) is 0 Å². The molecule has 4 nitrogen and oxygen atoms in total. The van der Waals surface area contributed by atoms with Gasteiger partial charge in [-0.25, -0.2) is 0 Å². The van der Waals surface area contributed by atoms with Gasteiger partial charge in [0, 0.05) is 6.54 Å². The van der Waals surface area contributed by atoms with Crippen molar-refractivity contribution in [1.29, 1.82) is 0 Å². The molecule has 0 saturated carbocycles. The number of nitrogens with one attached hydrogen (secondary N) is 1. The Morgan fingerprint density at radius 2 is 2.09 bits per heavy atom. The molecular formula is C7H15NO3. The second-order valence-corrected chi connectivity index (χ2v) is 2.70. The molecule has 1 amide bonds. The van der Waals surface area contributed by atoms with Crippen LogP contribution >= 0.6 is 0 Å². The Bertz CT molecular complexity index is 125. The van der Waals surface area contributed by atoms with E-state index in [1.54, 1.807) is 13.8 Å². The molecule has 4 heteroatoms. The van der Waals surface area contributed by atoms with Gasteiger partial charge >= 0.3 is 0 Å². The van der Waals surface area contributed by atoms with Crippen molar-refractivity contribution in [2.75, 3.05) is 13.2 Å². The minimum Gasteiger partial charge on any atom is -0.395 e. The first-order chi connectivity index (χ1) is 5.09. The van der Waals surface area contributed by atoms with E-state index in [4.69, 9.17) is 10.2 Å².